The number of guanidine groups is 1. The minimum Gasteiger partial charge on any atom is -0.372 e. The maximum atomic E-state index is 5.45. The van der Waals surface area contributed by atoms with E-state index in [2.05, 4.69) is 45.6 Å². The number of hydrogen-bond donors (Lipinski definition) is 2. The Morgan fingerprint density at radius 3 is 2.95 bits per heavy atom. The molecule has 1 atom stereocenters. The molecule has 1 fully saturated rings. The van der Waals surface area contributed by atoms with E-state index in [0.717, 1.165) is 37.5 Å². The number of nitrogens with one attached hydrogen (secondary N) is 2. The van der Waals surface area contributed by atoms with E-state index in [1.165, 1.54) is 35.3 Å². The minimum atomic E-state index is 0. The SMILES string of the molecule is CN=C(NCc1ccc2c(c1)COC2)NCC1CCCS1.I. The Hall–Kier alpha value is -0.470. The molecule has 2 heterocycles. The Kier molecular flexibility index (Phi) is 7.30. The van der Waals surface area contributed by atoms with E-state index >= 15 is 0 Å². The van der Waals surface area contributed by atoms with Crippen LogP contribution >= 0.6 is 35.7 Å². The summed E-state index contributed by atoms with van der Waals surface area (Å²) < 4.78 is 5.45. The van der Waals surface area contributed by atoms with Crippen molar-refractivity contribution in [1.82, 2.24) is 10.6 Å². The molecule has 2 aliphatic heterocycles. The third-order valence-electron chi connectivity index (χ3n) is 3.99. The van der Waals surface area contributed by atoms with Gasteiger partial charge >= 0.3 is 0 Å². The highest BCUT2D eigenvalue weighted by Crippen LogP contribution is 2.25. The van der Waals surface area contributed by atoms with E-state index < -0.39 is 0 Å². The lowest BCUT2D eigenvalue weighted by Crippen LogP contribution is -2.39. The van der Waals surface area contributed by atoms with Gasteiger partial charge in [0.1, 0.15) is 0 Å². The normalized spacial score (nSPS) is 20.4. The van der Waals surface area contributed by atoms with Gasteiger partial charge in [-0.25, -0.2) is 0 Å². The summed E-state index contributed by atoms with van der Waals surface area (Å²) >= 11 is 2.06. The van der Waals surface area contributed by atoms with Crippen LogP contribution in [0.25, 0.3) is 0 Å². The summed E-state index contributed by atoms with van der Waals surface area (Å²) in [5.74, 6) is 2.19. The molecule has 0 amide bonds. The fourth-order valence-corrected chi connectivity index (χ4v) is 3.96. The molecule has 3 rings (SSSR count). The van der Waals surface area contributed by atoms with Crippen molar-refractivity contribution in [3.05, 3.63) is 34.9 Å². The first-order valence-corrected chi connectivity index (χ1v) is 8.64. The van der Waals surface area contributed by atoms with Gasteiger partial charge in [-0.1, -0.05) is 18.2 Å². The largest absolute Gasteiger partial charge is 0.372 e. The summed E-state index contributed by atoms with van der Waals surface area (Å²) in [7, 11) is 1.83. The van der Waals surface area contributed by atoms with Crippen LogP contribution in [0.15, 0.2) is 23.2 Å². The van der Waals surface area contributed by atoms with Gasteiger partial charge in [-0.3, -0.25) is 4.99 Å². The molecule has 22 heavy (non-hydrogen) atoms. The second-order valence-electron chi connectivity index (χ2n) is 5.54. The first kappa shape index (κ1) is 17.9. The van der Waals surface area contributed by atoms with E-state index in [1.807, 2.05) is 7.05 Å². The van der Waals surface area contributed by atoms with Crippen molar-refractivity contribution in [1.29, 1.82) is 0 Å². The molecule has 0 saturated carbocycles. The average Bonchev–Trinajstić information content (AvgIpc) is 3.18. The zero-order valence-electron chi connectivity index (χ0n) is 12.9. The Morgan fingerprint density at radius 2 is 2.18 bits per heavy atom. The van der Waals surface area contributed by atoms with Crippen molar-refractivity contribution in [2.75, 3.05) is 19.3 Å². The molecule has 2 N–H and O–H groups in total. The molecule has 0 bridgehead atoms. The highest BCUT2D eigenvalue weighted by Gasteiger charge is 2.15. The Morgan fingerprint density at radius 1 is 1.32 bits per heavy atom. The van der Waals surface area contributed by atoms with Gasteiger partial charge in [-0.05, 0) is 35.3 Å². The summed E-state index contributed by atoms with van der Waals surface area (Å²) in [5, 5.41) is 7.55. The topological polar surface area (TPSA) is 45.7 Å². The number of fused-ring (bicyclic) bond motifs is 1. The number of benzene rings is 1. The smallest absolute Gasteiger partial charge is 0.191 e. The van der Waals surface area contributed by atoms with Gasteiger partial charge in [0.25, 0.3) is 0 Å². The summed E-state index contributed by atoms with van der Waals surface area (Å²) in [6.07, 6.45) is 2.67. The van der Waals surface area contributed by atoms with Gasteiger partial charge in [-0.15, -0.1) is 24.0 Å². The lowest BCUT2D eigenvalue weighted by molar-refractivity contribution is 0.134. The second kappa shape index (κ2) is 8.98. The van der Waals surface area contributed by atoms with Crippen LogP contribution in [0.5, 0.6) is 0 Å². The van der Waals surface area contributed by atoms with Crippen LogP contribution in [0.1, 0.15) is 29.5 Å². The zero-order valence-corrected chi connectivity index (χ0v) is 16.1. The predicted octanol–water partition coefficient (Wildman–Crippen LogP) is 2.90. The molecule has 122 valence electrons. The second-order valence-corrected chi connectivity index (χ2v) is 6.95. The molecular formula is C16H24IN3OS. The number of rotatable bonds is 4. The fraction of sp³-hybridized carbons (Fsp3) is 0.562. The number of thioether (sulfide) groups is 1. The van der Waals surface area contributed by atoms with Gasteiger partial charge in [0.15, 0.2) is 5.96 Å². The van der Waals surface area contributed by atoms with E-state index in [9.17, 15) is 0 Å². The van der Waals surface area contributed by atoms with Gasteiger partial charge in [0, 0.05) is 25.4 Å². The number of ether oxygens (including phenoxy) is 1. The maximum Gasteiger partial charge on any atom is 0.191 e. The highest BCUT2D eigenvalue weighted by atomic mass is 127. The molecule has 2 aliphatic rings. The van der Waals surface area contributed by atoms with Crippen LogP contribution < -0.4 is 10.6 Å². The van der Waals surface area contributed by atoms with Gasteiger partial charge in [-0.2, -0.15) is 11.8 Å². The number of hydrogen-bond acceptors (Lipinski definition) is 3. The summed E-state index contributed by atoms with van der Waals surface area (Å²) in [6.45, 7) is 3.30. The van der Waals surface area contributed by atoms with Crippen molar-refractivity contribution < 1.29 is 4.74 Å². The van der Waals surface area contributed by atoms with Crippen molar-refractivity contribution in [2.45, 2.75) is 37.9 Å². The van der Waals surface area contributed by atoms with Crippen LogP contribution in [-0.2, 0) is 24.5 Å². The number of nitrogens with zero attached hydrogens (tertiary/aromatic N) is 1. The maximum absolute atomic E-state index is 5.45. The number of halogens is 1. The van der Waals surface area contributed by atoms with E-state index in [1.54, 1.807) is 0 Å². The minimum absolute atomic E-state index is 0. The Bertz CT molecular complexity index is 518. The molecule has 0 spiro atoms. The predicted molar refractivity (Wildman–Crippen MR) is 104 cm³/mol. The fourth-order valence-electron chi connectivity index (χ4n) is 2.76. The highest BCUT2D eigenvalue weighted by molar-refractivity contribution is 14.0. The zero-order chi connectivity index (χ0) is 14.5. The summed E-state index contributed by atoms with van der Waals surface area (Å²) in [5.41, 5.74) is 3.91. The molecule has 0 aromatic heterocycles. The molecule has 1 unspecified atom stereocenters. The average molecular weight is 433 g/mol. The molecule has 6 heteroatoms. The van der Waals surface area contributed by atoms with Crippen LogP contribution in [0, 0.1) is 0 Å². The van der Waals surface area contributed by atoms with Crippen LogP contribution in [0.4, 0.5) is 0 Å². The van der Waals surface area contributed by atoms with Gasteiger partial charge < -0.3 is 15.4 Å². The molecule has 1 saturated heterocycles. The van der Waals surface area contributed by atoms with Gasteiger partial charge in [0.2, 0.25) is 0 Å². The van der Waals surface area contributed by atoms with Gasteiger partial charge in [0.05, 0.1) is 13.2 Å². The quantitative estimate of drug-likeness (QED) is 0.436. The molecule has 4 nitrogen and oxygen atoms in total. The van der Waals surface area contributed by atoms with E-state index in [0.29, 0.717) is 0 Å². The van der Waals surface area contributed by atoms with Crippen LogP contribution in [-0.4, -0.2) is 30.6 Å². The Balaban J connectivity index is 0.00000176. The molecule has 0 aliphatic carbocycles. The molecular weight excluding hydrogens is 409 g/mol. The standard InChI is InChI=1S/C16H23N3OS.HI/c1-17-16(19-9-15-3-2-6-21-15)18-8-12-4-5-13-10-20-11-14(13)7-12;/h4-5,7,15H,2-3,6,8-11H2,1H3,(H2,17,18,19);1H. The van der Waals surface area contributed by atoms with Crippen molar-refractivity contribution in [3.63, 3.8) is 0 Å². The third kappa shape index (κ3) is 4.76. The summed E-state index contributed by atoms with van der Waals surface area (Å²) in [4.78, 5) is 4.30. The van der Waals surface area contributed by atoms with Crippen LogP contribution in [0.3, 0.4) is 0 Å². The lowest BCUT2D eigenvalue weighted by atomic mass is 10.1. The van der Waals surface area contributed by atoms with Crippen LogP contribution in [0.2, 0.25) is 0 Å². The third-order valence-corrected chi connectivity index (χ3v) is 5.39. The van der Waals surface area contributed by atoms with Crippen molar-refractivity contribution in [3.8, 4) is 0 Å². The monoisotopic (exact) mass is 433 g/mol. The van der Waals surface area contributed by atoms with Crippen molar-refractivity contribution in [2.24, 2.45) is 4.99 Å². The summed E-state index contributed by atoms with van der Waals surface area (Å²) in [6, 6.07) is 6.57. The first-order chi connectivity index (χ1) is 10.3. The first-order valence-electron chi connectivity index (χ1n) is 7.59. The number of aliphatic imine (C=N–C) groups is 1. The van der Waals surface area contributed by atoms with E-state index in [-0.39, 0.29) is 24.0 Å². The molecule has 1 aromatic rings. The molecule has 1 aromatic carbocycles. The Labute approximate surface area is 153 Å². The lowest BCUT2D eigenvalue weighted by Gasteiger charge is -2.15. The van der Waals surface area contributed by atoms with E-state index in [4.69, 9.17) is 4.74 Å². The van der Waals surface area contributed by atoms with Crippen molar-refractivity contribution >= 4 is 41.7 Å². The molecule has 0 radical (unpaired) electrons.